The van der Waals surface area contributed by atoms with Gasteiger partial charge < -0.3 is 10.1 Å². The maximum atomic E-state index is 6.30. The molecule has 19 heavy (non-hydrogen) atoms. The highest BCUT2D eigenvalue weighted by Crippen LogP contribution is 2.35. The quantitative estimate of drug-likeness (QED) is 0.858. The molecule has 1 aromatic heterocycles. The van der Waals surface area contributed by atoms with Crippen molar-refractivity contribution in [1.82, 2.24) is 5.32 Å². The summed E-state index contributed by atoms with van der Waals surface area (Å²) >= 11 is 13.9. The molecule has 0 bridgehead atoms. The molecule has 0 amide bonds. The van der Waals surface area contributed by atoms with Gasteiger partial charge in [0.05, 0.1) is 13.2 Å². The van der Waals surface area contributed by atoms with Crippen molar-refractivity contribution in [2.75, 3.05) is 13.7 Å². The van der Waals surface area contributed by atoms with Crippen LogP contribution in [0.25, 0.3) is 0 Å². The van der Waals surface area contributed by atoms with E-state index in [4.69, 9.17) is 27.9 Å². The first-order valence-electron chi connectivity index (χ1n) is 5.96. The maximum Gasteiger partial charge on any atom is 0.129 e. The highest BCUT2D eigenvalue weighted by molar-refractivity contribution is 7.10. The molecule has 0 fully saturated rings. The first kappa shape index (κ1) is 14.7. The average Bonchev–Trinajstić information content (AvgIpc) is 2.85. The highest BCUT2D eigenvalue weighted by atomic mass is 35.5. The van der Waals surface area contributed by atoms with Gasteiger partial charge in [-0.3, -0.25) is 0 Å². The van der Waals surface area contributed by atoms with E-state index in [0.29, 0.717) is 10.0 Å². The van der Waals surface area contributed by atoms with Crippen LogP contribution in [0.1, 0.15) is 23.4 Å². The monoisotopic (exact) mass is 315 g/mol. The highest BCUT2D eigenvalue weighted by Gasteiger charge is 2.18. The van der Waals surface area contributed by atoms with Crippen LogP contribution in [-0.2, 0) is 0 Å². The molecule has 1 atom stereocenters. The molecule has 102 valence electrons. The van der Waals surface area contributed by atoms with Crippen molar-refractivity contribution in [1.29, 1.82) is 0 Å². The zero-order chi connectivity index (χ0) is 13.8. The van der Waals surface area contributed by atoms with Gasteiger partial charge in [-0.15, -0.1) is 11.3 Å². The van der Waals surface area contributed by atoms with Crippen molar-refractivity contribution in [2.45, 2.75) is 13.0 Å². The van der Waals surface area contributed by atoms with Crippen molar-refractivity contribution in [3.8, 4) is 5.75 Å². The summed E-state index contributed by atoms with van der Waals surface area (Å²) < 4.78 is 5.24. The van der Waals surface area contributed by atoms with E-state index in [1.54, 1.807) is 24.5 Å². The standard InChI is InChI=1S/C14H15Cl2NOS/c1-3-17-14(13-7-10(18-2)8-19-13)11-5-4-9(15)6-12(11)16/h4-8,14,17H,3H2,1-2H3. The van der Waals surface area contributed by atoms with E-state index in [-0.39, 0.29) is 6.04 Å². The molecular weight excluding hydrogens is 301 g/mol. The molecule has 0 aliphatic heterocycles. The Morgan fingerprint density at radius 3 is 2.68 bits per heavy atom. The van der Waals surface area contributed by atoms with Gasteiger partial charge in [0.1, 0.15) is 5.75 Å². The molecule has 0 aliphatic carbocycles. The van der Waals surface area contributed by atoms with Crippen molar-refractivity contribution in [3.05, 3.63) is 50.1 Å². The molecule has 0 radical (unpaired) electrons. The zero-order valence-electron chi connectivity index (χ0n) is 10.7. The number of methoxy groups -OCH3 is 1. The lowest BCUT2D eigenvalue weighted by atomic mass is 10.1. The summed E-state index contributed by atoms with van der Waals surface area (Å²) in [4.78, 5) is 1.17. The van der Waals surface area contributed by atoms with E-state index in [1.165, 1.54) is 4.88 Å². The van der Waals surface area contributed by atoms with E-state index < -0.39 is 0 Å². The number of rotatable bonds is 5. The van der Waals surface area contributed by atoms with Crippen molar-refractivity contribution >= 4 is 34.5 Å². The van der Waals surface area contributed by atoms with E-state index >= 15 is 0 Å². The second-order valence-electron chi connectivity index (χ2n) is 4.05. The molecule has 2 rings (SSSR count). The van der Waals surface area contributed by atoms with Gasteiger partial charge in [-0.2, -0.15) is 0 Å². The Kier molecular flexibility index (Phi) is 5.11. The molecule has 1 unspecified atom stereocenters. The van der Waals surface area contributed by atoms with Crippen molar-refractivity contribution in [3.63, 3.8) is 0 Å². The molecular formula is C14H15Cl2NOS. The van der Waals surface area contributed by atoms with Gasteiger partial charge in [0.25, 0.3) is 0 Å². The van der Waals surface area contributed by atoms with Gasteiger partial charge in [-0.05, 0) is 30.3 Å². The second-order valence-corrected chi connectivity index (χ2v) is 5.83. The fourth-order valence-electron chi connectivity index (χ4n) is 1.90. The van der Waals surface area contributed by atoms with Gasteiger partial charge in [0.15, 0.2) is 0 Å². The van der Waals surface area contributed by atoms with Gasteiger partial charge >= 0.3 is 0 Å². The Morgan fingerprint density at radius 1 is 1.32 bits per heavy atom. The summed E-state index contributed by atoms with van der Waals surface area (Å²) in [7, 11) is 1.67. The van der Waals surface area contributed by atoms with E-state index in [9.17, 15) is 0 Å². The molecule has 1 heterocycles. The summed E-state index contributed by atoms with van der Waals surface area (Å²) in [5.74, 6) is 0.869. The SMILES string of the molecule is CCNC(c1cc(OC)cs1)c1ccc(Cl)cc1Cl. The van der Waals surface area contributed by atoms with E-state index in [1.807, 2.05) is 23.6 Å². The minimum Gasteiger partial charge on any atom is -0.496 e. The normalized spacial score (nSPS) is 12.4. The predicted octanol–water partition coefficient (Wildman–Crippen LogP) is 4.76. The lowest BCUT2D eigenvalue weighted by Crippen LogP contribution is -2.21. The Morgan fingerprint density at radius 2 is 2.11 bits per heavy atom. The van der Waals surface area contributed by atoms with Crippen LogP contribution < -0.4 is 10.1 Å². The first-order chi connectivity index (χ1) is 9.15. The largest absolute Gasteiger partial charge is 0.496 e. The van der Waals surface area contributed by atoms with Gasteiger partial charge in [-0.1, -0.05) is 36.2 Å². The molecule has 2 nitrogen and oxygen atoms in total. The number of ether oxygens (including phenoxy) is 1. The Bertz CT molecular complexity index is 556. The fourth-order valence-corrected chi connectivity index (χ4v) is 3.36. The lowest BCUT2D eigenvalue weighted by molar-refractivity contribution is 0.416. The molecule has 2 aromatic rings. The van der Waals surface area contributed by atoms with Crippen LogP contribution in [0.5, 0.6) is 5.75 Å². The van der Waals surface area contributed by atoms with Crippen LogP contribution in [0.4, 0.5) is 0 Å². The third-order valence-corrected chi connectivity index (χ3v) is 4.34. The molecule has 0 spiro atoms. The summed E-state index contributed by atoms with van der Waals surface area (Å²) in [6.07, 6.45) is 0. The molecule has 1 N–H and O–H groups in total. The number of thiophene rings is 1. The second kappa shape index (κ2) is 6.62. The minimum atomic E-state index is 0.0590. The molecule has 0 saturated carbocycles. The predicted molar refractivity (Wildman–Crippen MR) is 82.9 cm³/mol. The van der Waals surface area contributed by atoms with Crippen molar-refractivity contribution in [2.24, 2.45) is 0 Å². The average molecular weight is 316 g/mol. The molecule has 5 heteroatoms. The smallest absolute Gasteiger partial charge is 0.129 e. The zero-order valence-corrected chi connectivity index (χ0v) is 13.1. The summed E-state index contributed by atoms with van der Waals surface area (Å²) in [6.45, 7) is 2.92. The topological polar surface area (TPSA) is 21.3 Å². The molecule has 0 aliphatic rings. The number of halogens is 2. The number of benzene rings is 1. The number of hydrogen-bond donors (Lipinski definition) is 1. The number of hydrogen-bond acceptors (Lipinski definition) is 3. The fraction of sp³-hybridized carbons (Fsp3) is 0.286. The van der Waals surface area contributed by atoms with Crippen LogP contribution in [0.2, 0.25) is 10.0 Å². The van der Waals surface area contributed by atoms with Gasteiger partial charge in [-0.25, -0.2) is 0 Å². The summed E-state index contributed by atoms with van der Waals surface area (Å²) in [5, 5.41) is 6.75. The van der Waals surface area contributed by atoms with Gasteiger partial charge in [0.2, 0.25) is 0 Å². The van der Waals surface area contributed by atoms with Crippen LogP contribution >= 0.6 is 34.5 Å². The molecule has 1 aromatic carbocycles. The van der Waals surface area contributed by atoms with Crippen LogP contribution in [0.15, 0.2) is 29.6 Å². The van der Waals surface area contributed by atoms with Crippen LogP contribution in [-0.4, -0.2) is 13.7 Å². The Labute approximate surface area is 127 Å². The summed E-state index contributed by atoms with van der Waals surface area (Å²) in [5.41, 5.74) is 1.03. The molecule has 0 saturated heterocycles. The maximum absolute atomic E-state index is 6.30. The van der Waals surface area contributed by atoms with E-state index in [0.717, 1.165) is 17.9 Å². The number of nitrogens with one attached hydrogen (secondary N) is 1. The van der Waals surface area contributed by atoms with Crippen molar-refractivity contribution < 1.29 is 4.74 Å². The van der Waals surface area contributed by atoms with E-state index in [2.05, 4.69) is 12.2 Å². The lowest BCUT2D eigenvalue weighted by Gasteiger charge is -2.18. The Balaban J connectivity index is 2.38. The van der Waals surface area contributed by atoms with Crippen LogP contribution in [0.3, 0.4) is 0 Å². The van der Waals surface area contributed by atoms with Crippen LogP contribution in [0, 0.1) is 0 Å². The van der Waals surface area contributed by atoms with Gasteiger partial charge in [0, 0.05) is 20.3 Å². The third kappa shape index (κ3) is 3.42. The minimum absolute atomic E-state index is 0.0590. The summed E-state index contributed by atoms with van der Waals surface area (Å²) in [6, 6.07) is 7.68. The third-order valence-electron chi connectivity index (χ3n) is 2.80. The first-order valence-corrected chi connectivity index (χ1v) is 7.60. The Hall–Kier alpha value is -0.740.